The molecule has 1 heterocycles. The van der Waals surface area contributed by atoms with Crippen molar-refractivity contribution >= 4 is 0 Å². The number of nitrogens with zero attached hydrogens (tertiary/aromatic N) is 1. The third kappa shape index (κ3) is 5.14. The molecule has 0 spiro atoms. The third-order valence-corrected chi connectivity index (χ3v) is 3.88. The summed E-state index contributed by atoms with van der Waals surface area (Å²) < 4.78 is 37.9. The molecule has 1 rings (SSSR count). The van der Waals surface area contributed by atoms with Gasteiger partial charge in [-0.25, -0.2) is 0 Å². The molecule has 0 radical (unpaired) electrons. The molecule has 1 N–H and O–H groups in total. The van der Waals surface area contributed by atoms with Crippen LogP contribution in [0.4, 0.5) is 13.2 Å². The summed E-state index contributed by atoms with van der Waals surface area (Å²) >= 11 is 0. The highest BCUT2D eigenvalue weighted by atomic mass is 19.4. The molecule has 0 aromatic carbocycles. The first-order chi connectivity index (χ1) is 8.24. The maximum absolute atomic E-state index is 12.6. The predicted octanol–water partition coefficient (Wildman–Crippen LogP) is 3.04. The monoisotopic (exact) mass is 266 g/mol. The maximum Gasteiger partial charge on any atom is 0.393 e. The molecule has 1 fully saturated rings. The van der Waals surface area contributed by atoms with E-state index in [2.05, 4.69) is 26.1 Å². The molecule has 0 aliphatic carbocycles. The van der Waals surface area contributed by atoms with Gasteiger partial charge in [0.25, 0.3) is 0 Å². The van der Waals surface area contributed by atoms with E-state index in [1.807, 2.05) is 4.90 Å². The Bertz CT molecular complexity index is 251. The van der Waals surface area contributed by atoms with Crippen LogP contribution in [0.1, 0.15) is 40.0 Å². The summed E-state index contributed by atoms with van der Waals surface area (Å²) in [5.74, 6) is -1.13. The number of rotatable bonds is 5. The molecule has 0 saturated carbocycles. The van der Waals surface area contributed by atoms with Crippen LogP contribution < -0.4 is 5.32 Å². The largest absolute Gasteiger partial charge is 0.393 e. The lowest BCUT2D eigenvalue weighted by Crippen LogP contribution is -2.47. The van der Waals surface area contributed by atoms with Crippen LogP contribution in [-0.2, 0) is 0 Å². The Kier molecular flexibility index (Phi) is 5.46. The van der Waals surface area contributed by atoms with Crippen LogP contribution in [0.2, 0.25) is 0 Å². The van der Waals surface area contributed by atoms with Gasteiger partial charge >= 0.3 is 6.18 Å². The van der Waals surface area contributed by atoms with E-state index in [1.165, 1.54) is 0 Å². The smallest absolute Gasteiger partial charge is 0.311 e. The summed E-state index contributed by atoms with van der Waals surface area (Å²) in [5, 5.41) is 3.39. The molecule has 1 aliphatic rings. The van der Waals surface area contributed by atoms with Crippen molar-refractivity contribution in [2.75, 3.05) is 26.2 Å². The van der Waals surface area contributed by atoms with Crippen LogP contribution in [0.25, 0.3) is 0 Å². The molecule has 1 unspecified atom stereocenters. The summed E-state index contributed by atoms with van der Waals surface area (Å²) in [4.78, 5) is 1.93. The maximum atomic E-state index is 12.6. The van der Waals surface area contributed by atoms with Gasteiger partial charge in [-0.15, -0.1) is 0 Å². The Labute approximate surface area is 108 Å². The Balaban J connectivity index is 2.31. The molecule has 0 bridgehead atoms. The van der Waals surface area contributed by atoms with Gasteiger partial charge in [0.2, 0.25) is 0 Å². The zero-order chi connectivity index (χ0) is 13.8. The third-order valence-electron chi connectivity index (χ3n) is 3.88. The topological polar surface area (TPSA) is 15.3 Å². The van der Waals surface area contributed by atoms with E-state index >= 15 is 0 Å². The normalized spacial score (nSPS) is 23.3. The fraction of sp³-hybridized carbons (Fsp3) is 1.00. The van der Waals surface area contributed by atoms with Crippen molar-refractivity contribution in [3.8, 4) is 0 Å². The lowest BCUT2D eigenvalue weighted by Gasteiger charge is -2.34. The van der Waals surface area contributed by atoms with Crippen molar-refractivity contribution in [2.24, 2.45) is 5.92 Å². The fourth-order valence-electron chi connectivity index (χ4n) is 2.20. The number of likely N-dealkylation sites (tertiary alicyclic amines) is 1. The number of nitrogens with one attached hydrogen (secondary N) is 1. The number of hydrogen-bond acceptors (Lipinski definition) is 2. The first-order valence-corrected chi connectivity index (χ1v) is 6.79. The number of halogens is 3. The summed E-state index contributed by atoms with van der Waals surface area (Å²) in [7, 11) is 0. The van der Waals surface area contributed by atoms with Crippen molar-refractivity contribution in [1.82, 2.24) is 10.2 Å². The lowest BCUT2D eigenvalue weighted by atomic mass is 9.97. The van der Waals surface area contributed by atoms with Crippen LogP contribution in [0, 0.1) is 5.92 Å². The van der Waals surface area contributed by atoms with E-state index < -0.39 is 12.1 Å². The Morgan fingerprint density at radius 1 is 1.28 bits per heavy atom. The van der Waals surface area contributed by atoms with Gasteiger partial charge in [0.05, 0.1) is 5.92 Å². The van der Waals surface area contributed by atoms with E-state index in [0.29, 0.717) is 13.0 Å². The quantitative estimate of drug-likeness (QED) is 0.823. The summed E-state index contributed by atoms with van der Waals surface area (Å²) in [6.45, 7) is 8.75. The zero-order valence-electron chi connectivity index (χ0n) is 11.6. The average Bonchev–Trinajstić information content (AvgIpc) is 2.28. The van der Waals surface area contributed by atoms with Crippen molar-refractivity contribution in [2.45, 2.75) is 51.7 Å². The molecular weight excluding hydrogens is 241 g/mol. The van der Waals surface area contributed by atoms with Gasteiger partial charge in [-0.2, -0.15) is 13.2 Å². The first-order valence-electron chi connectivity index (χ1n) is 6.79. The van der Waals surface area contributed by atoms with Gasteiger partial charge in [-0.1, -0.05) is 6.92 Å². The second-order valence-electron chi connectivity index (χ2n) is 5.85. The van der Waals surface area contributed by atoms with Gasteiger partial charge in [-0.05, 0) is 39.7 Å². The van der Waals surface area contributed by atoms with Crippen LogP contribution in [0.15, 0.2) is 0 Å². The Morgan fingerprint density at radius 3 is 2.50 bits per heavy atom. The molecule has 5 heteroatoms. The highest BCUT2D eigenvalue weighted by Crippen LogP contribution is 2.32. The minimum Gasteiger partial charge on any atom is -0.311 e. The molecule has 2 nitrogen and oxygen atoms in total. The molecule has 18 heavy (non-hydrogen) atoms. The minimum absolute atomic E-state index is 0.0687. The van der Waals surface area contributed by atoms with Crippen LogP contribution in [0.3, 0.4) is 0 Å². The molecule has 1 aliphatic heterocycles. The van der Waals surface area contributed by atoms with Crippen molar-refractivity contribution < 1.29 is 13.2 Å². The highest BCUT2D eigenvalue weighted by Gasteiger charge is 2.41. The molecule has 0 aromatic heterocycles. The van der Waals surface area contributed by atoms with E-state index in [0.717, 1.165) is 19.5 Å². The average molecular weight is 266 g/mol. The first kappa shape index (κ1) is 15.8. The highest BCUT2D eigenvalue weighted by molar-refractivity contribution is 4.80. The molecular formula is C13H25F3N2. The van der Waals surface area contributed by atoms with Crippen LogP contribution in [-0.4, -0.2) is 42.8 Å². The van der Waals surface area contributed by atoms with Gasteiger partial charge in [0.1, 0.15) is 0 Å². The Morgan fingerprint density at radius 2 is 1.94 bits per heavy atom. The summed E-state index contributed by atoms with van der Waals surface area (Å²) in [6.07, 6.45) is -2.08. The van der Waals surface area contributed by atoms with Gasteiger partial charge in [0, 0.05) is 25.2 Å². The SMILES string of the molecule is CCC(C)(C)NCCN1CCCC(C(F)(F)F)C1. The summed E-state index contributed by atoms with van der Waals surface area (Å²) in [6, 6.07) is 0. The molecule has 0 aromatic rings. The summed E-state index contributed by atoms with van der Waals surface area (Å²) in [5.41, 5.74) is 0.0687. The van der Waals surface area contributed by atoms with E-state index in [9.17, 15) is 13.2 Å². The van der Waals surface area contributed by atoms with E-state index in [1.54, 1.807) is 0 Å². The van der Waals surface area contributed by atoms with E-state index in [-0.39, 0.29) is 18.5 Å². The van der Waals surface area contributed by atoms with Crippen LogP contribution >= 0.6 is 0 Å². The van der Waals surface area contributed by atoms with Gasteiger partial charge < -0.3 is 10.2 Å². The molecule has 1 saturated heterocycles. The predicted molar refractivity (Wildman–Crippen MR) is 67.6 cm³/mol. The van der Waals surface area contributed by atoms with Crippen molar-refractivity contribution in [1.29, 1.82) is 0 Å². The lowest BCUT2D eigenvalue weighted by molar-refractivity contribution is -0.186. The fourth-order valence-corrected chi connectivity index (χ4v) is 2.20. The van der Waals surface area contributed by atoms with Gasteiger partial charge in [-0.3, -0.25) is 0 Å². The van der Waals surface area contributed by atoms with Crippen molar-refractivity contribution in [3.63, 3.8) is 0 Å². The molecule has 1 atom stereocenters. The Hall–Kier alpha value is -0.290. The second-order valence-corrected chi connectivity index (χ2v) is 5.85. The van der Waals surface area contributed by atoms with Crippen molar-refractivity contribution in [3.05, 3.63) is 0 Å². The number of piperidine rings is 1. The number of alkyl halides is 3. The molecule has 108 valence electrons. The minimum atomic E-state index is -4.03. The molecule has 0 amide bonds. The van der Waals surface area contributed by atoms with E-state index in [4.69, 9.17) is 0 Å². The second kappa shape index (κ2) is 6.24. The van der Waals surface area contributed by atoms with Crippen LogP contribution in [0.5, 0.6) is 0 Å². The zero-order valence-corrected chi connectivity index (χ0v) is 11.6. The standard InChI is InChI=1S/C13H25F3N2/c1-4-12(2,3)17-7-9-18-8-5-6-11(10-18)13(14,15)16/h11,17H,4-10H2,1-3H3. The van der Waals surface area contributed by atoms with Gasteiger partial charge in [0.15, 0.2) is 0 Å². The number of hydrogen-bond donors (Lipinski definition) is 1.